The van der Waals surface area contributed by atoms with Gasteiger partial charge in [-0.2, -0.15) is 0 Å². The molecule has 1 saturated heterocycles. The predicted molar refractivity (Wildman–Crippen MR) is 55.3 cm³/mol. The Kier molecular flexibility index (Phi) is 4.35. The summed E-state index contributed by atoms with van der Waals surface area (Å²) >= 11 is 0. The van der Waals surface area contributed by atoms with Crippen molar-refractivity contribution in [3.63, 3.8) is 0 Å². The first-order valence-corrected chi connectivity index (χ1v) is 5.51. The first-order valence-electron chi connectivity index (χ1n) is 5.51. The van der Waals surface area contributed by atoms with E-state index in [4.69, 9.17) is 9.47 Å². The van der Waals surface area contributed by atoms with Crippen LogP contribution < -0.4 is 0 Å². The van der Waals surface area contributed by atoms with Crippen LogP contribution in [0, 0.1) is 5.92 Å². The maximum atomic E-state index is 10.3. The number of aliphatic hydroxyl groups excluding tert-OH is 1. The summed E-state index contributed by atoms with van der Waals surface area (Å²) in [4.78, 5) is 0. The van der Waals surface area contributed by atoms with Crippen molar-refractivity contribution in [1.82, 2.24) is 0 Å². The molecule has 1 heterocycles. The van der Waals surface area contributed by atoms with Crippen LogP contribution in [-0.2, 0) is 9.47 Å². The van der Waals surface area contributed by atoms with Gasteiger partial charge in [-0.3, -0.25) is 0 Å². The Morgan fingerprint density at radius 1 is 1.50 bits per heavy atom. The number of methoxy groups -OCH3 is 1. The molecule has 0 spiro atoms. The van der Waals surface area contributed by atoms with Crippen LogP contribution in [0.5, 0.6) is 0 Å². The summed E-state index contributed by atoms with van der Waals surface area (Å²) in [5, 5.41) is 10.3. The highest BCUT2D eigenvalue weighted by molar-refractivity contribution is 4.91. The predicted octanol–water partition coefficient (Wildman–Crippen LogP) is 1.59. The average molecular weight is 202 g/mol. The van der Waals surface area contributed by atoms with Gasteiger partial charge in [0.1, 0.15) is 0 Å². The summed E-state index contributed by atoms with van der Waals surface area (Å²) in [6.45, 7) is 5.57. The Morgan fingerprint density at radius 3 is 2.50 bits per heavy atom. The van der Waals surface area contributed by atoms with Gasteiger partial charge in [-0.1, -0.05) is 13.8 Å². The van der Waals surface area contributed by atoms with E-state index in [-0.39, 0.29) is 11.5 Å². The highest BCUT2D eigenvalue weighted by Gasteiger charge is 2.40. The minimum Gasteiger partial charge on any atom is -0.390 e. The summed E-state index contributed by atoms with van der Waals surface area (Å²) in [6, 6.07) is 0. The van der Waals surface area contributed by atoms with E-state index in [1.165, 1.54) is 0 Å². The molecule has 0 bridgehead atoms. The quantitative estimate of drug-likeness (QED) is 0.735. The SMILES string of the molecule is CCC(CC)(OC)C(O)C1CCOC1. The van der Waals surface area contributed by atoms with Crippen LogP contribution in [0.25, 0.3) is 0 Å². The molecule has 1 fully saturated rings. The third kappa shape index (κ3) is 2.10. The van der Waals surface area contributed by atoms with E-state index in [0.717, 1.165) is 25.9 Å². The van der Waals surface area contributed by atoms with Gasteiger partial charge in [0.15, 0.2) is 0 Å². The van der Waals surface area contributed by atoms with Crippen molar-refractivity contribution < 1.29 is 14.6 Å². The number of ether oxygens (including phenoxy) is 2. The smallest absolute Gasteiger partial charge is 0.0934 e. The van der Waals surface area contributed by atoms with Crippen molar-refractivity contribution in [2.75, 3.05) is 20.3 Å². The molecule has 0 aromatic carbocycles. The fourth-order valence-corrected chi connectivity index (χ4v) is 2.31. The van der Waals surface area contributed by atoms with Gasteiger partial charge in [-0.25, -0.2) is 0 Å². The maximum Gasteiger partial charge on any atom is 0.0934 e. The minimum atomic E-state index is -0.398. The highest BCUT2D eigenvalue weighted by Crippen LogP contribution is 2.32. The van der Waals surface area contributed by atoms with Crippen molar-refractivity contribution in [1.29, 1.82) is 0 Å². The molecule has 3 heteroatoms. The first-order chi connectivity index (χ1) is 6.70. The molecule has 84 valence electrons. The van der Waals surface area contributed by atoms with Crippen LogP contribution in [0.4, 0.5) is 0 Å². The number of aliphatic hydroxyl groups is 1. The second-order valence-electron chi connectivity index (χ2n) is 4.04. The molecular formula is C11H22O3. The number of hydrogen-bond acceptors (Lipinski definition) is 3. The van der Waals surface area contributed by atoms with E-state index in [1.807, 2.05) is 0 Å². The van der Waals surface area contributed by atoms with Crippen LogP contribution in [0.15, 0.2) is 0 Å². The Bertz CT molecular complexity index is 152. The molecule has 1 N–H and O–H groups in total. The van der Waals surface area contributed by atoms with Crippen LogP contribution >= 0.6 is 0 Å². The van der Waals surface area contributed by atoms with E-state index >= 15 is 0 Å². The normalized spacial score (nSPS) is 25.3. The summed E-state index contributed by atoms with van der Waals surface area (Å²) in [7, 11) is 1.69. The van der Waals surface area contributed by atoms with Crippen LogP contribution in [0.3, 0.4) is 0 Å². The van der Waals surface area contributed by atoms with Gasteiger partial charge in [0, 0.05) is 19.6 Å². The van der Waals surface area contributed by atoms with E-state index < -0.39 is 6.10 Å². The standard InChI is InChI=1S/C11H22O3/c1-4-11(5-2,13-3)10(12)9-6-7-14-8-9/h9-10,12H,4-8H2,1-3H3. The van der Waals surface area contributed by atoms with Gasteiger partial charge in [0.25, 0.3) is 0 Å². The third-order valence-corrected chi connectivity index (χ3v) is 3.55. The Labute approximate surface area is 86.4 Å². The van der Waals surface area contributed by atoms with Crippen molar-refractivity contribution in [3.05, 3.63) is 0 Å². The number of rotatable bonds is 5. The van der Waals surface area contributed by atoms with Crippen molar-refractivity contribution >= 4 is 0 Å². The van der Waals surface area contributed by atoms with E-state index in [1.54, 1.807) is 7.11 Å². The second-order valence-corrected chi connectivity index (χ2v) is 4.04. The van der Waals surface area contributed by atoms with Crippen molar-refractivity contribution in [2.24, 2.45) is 5.92 Å². The molecule has 1 aliphatic rings. The average Bonchev–Trinajstić information content (AvgIpc) is 2.74. The van der Waals surface area contributed by atoms with Crippen molar-refractivity contribution in [2.45, 2.75) is 44.8 Å². The number of hydrogen-bond donors (Lipinski definition) is 1. The van der Waals surface area contributed by atoms with Gasteiger partial charge in [-0.15, -0.1) is 0 Å². The Morgan fingerprint density at radius 2 is 2.14 bits per heavy atom. The van der Waals surface area contributed by atoms with Gasteiger partial charge in [0.2, 0.25) is 0 Å². The second kappa shape index (κ2) is 5.10. The van der Waals surface area contributed by atoms with Crippen LogP contribution in [0.2, 0.25) is 0 Å². The third-order valence-electron chi connectivity index (χ3n) is 3.55. The van der Waals surface area contributed by atoms with Gasteiger partial charge in [-0.05, 0) is 19.3 Å². The molecule has 14 heavy (non-hydrogen) atoms. The van der Waals surface area contributed by atoms with Gasteiger partial charge < -0.3 is 14.6 Å². The zero-order valence-electron chi connectivity index (χ0n) is 9.45. The highest BCUT2D eigenvalue weighted by atomic mass is 16.5. The molecule has 2 atom stereocenters. The topological polar surface area (TPSA) is 38.7 Å². The molecule has 0 radical (unpaired) electrons. The largest absolute Gasteiger partial charge is 0.390 e. The molecule has 1 aliphatic heterocycles. The summed E-state index contributed by atoms with van der Waals surface area (Å²) in [5.41, 5.74) is -0.377. The van der Waals surface area contributed by atoms with Crippen LogP contribution in [0.1, 0.15) is 33.1 Å². The fourth-order valence-electron chi connectivity index (χ4n) is 2.31. The lowest BCUT2D eigenvalue weighted by molar-refractivity contribution is -0.128. The zero-order valence-corrected chi connectivity index (χ0v) is 9.45. The summed E-state index contributed by atoms with van der Waals surface area (Å²) < 4.78 is 10.8. The van der Waals surface area contributed by atoms with E-state index in [2.05, 4.69) is 13.8 Å². The molecule has 0 aliphatic carbocycles. The summed E-state index contributed by atoms with van der Waals surface area (Å²) in [5.74, 6) is 0.245. The molecule has 0 aromatic heterocycles. The Balaban J connectivity index is 2.65. The maximum absolute atomic E-state index is 10.3. The van der Waals surface area contributed by atoms with Gasteiger partial charge in [0.05, 0.1) is 18.3 Å². The molecule has 0 aromatic rings. The monoisotopic (exact) mass is 202 g/mol. The lowest BCUT2D eigenvalue weighted by atomic mass is 9.82. The van der Waals surface area contributed by atoms with E-state index in [9.17, 15) is 5.11 Å². The van der Waals surface area contributed by atoms with Gasteiger partial charge >= 0.3 is 0 Å². The molecule has 0 saturated carbocycles. The minimum absolute atomic E-state index is 0.245. The fraction of sp³-hybridized carbons (Fsp3) is 1.00. The molecule has 0 amide bonds. The summed E-state index contributed by atoms with van der Waals surface area (Å²) in [6.07, 6.45) is 2.24. The molecular weight excluding hydrogens is 180 g/mol. The Hall–Kier alpha value is -0.120. The first kappa shape index (κ1) is 12.0. The van der Waals surface area contributed by atoms with Crippen molar-refractivity contribution in [3.8, 4) is 0 Å². The zero-order chi connectivity index (χ0) is 10.6. The van der Waals surface area contributed by atoms with E-state index in [0.29, 0.717) is 6.61 Å². The molecule has 2 unspecified atom stereocenters. The molecule has 1 rings (SSSR count). The molecule has 3 nitrogen and oxygen atoms in total. The van der Waals surface area contributed by atoms with Crippen LogP contribution in [-0.4, -0.2) is 37.1 Å². The lowest BCUT2D eigenvalue weighted by Gasteiger charge is -2.37. The lowest BCUT2D eigenvalue weighted by Crippen LogP contribution is -2.47.